The number of benzene rings is 1. The molecule has 0 aromatic heterocycles. The Hall–Kier alpha value is -2.52. The first kappa shape index (κ1) is 14.5. The lowest BCUT2D eigenvalue weighted by atomic mass is 10.1. The van der Waals surface area contributed by atoms with E-state index < -0.39 is 6.03 Å². The molecule has 1 aromatic rings. The van der Waals surface area contributed by atoms with Gasteiger partial charge in [0.25, 0.3) is 5.91 Å². The SMILES string of the molecule is NC(=O)NCCNC(=O)c1cccc(C#CCO)c1. The smallest absolute Gasteiger partial charge is 0.312 e. The quantitative estimate of drug-likeness (QED) is 0.431. The van der Waals surface area contributed by atoms with Crippen LogP contribution in [0.15, 0.2) is 24.3 Å². The van der Waals surface area contributed by atoms with Gasteiger partial charge in [-0.05, 0) is 18.2 Å². The summed E-state index contributed by atoms with van der Waals surface area (Å²) in [6.07, 6.45) is 0. The van der Waals surface area contributed by atoms with Crippen molar-refractivity contribution in [1.29, 1.82) is 0 Å². The summed E-state index contributed by atoms with van der Waals surface area (Å²) >= 11 is 0. The molecule has 0 fully saturated rings. The number of aliphatic hydroxyl groups is 1. The van der Waals surface area contributed by atoms with Crippen LogP contribution in [0, 0.1) is 11.8 Å². The van der Waals surface area contributed by atoms with E-state index in [1.807, 2.05) is 0 Å². The number of carbonyl (C=O) groups excluding carboxylic acids is 2. The predicted octanol–water partition coefficient (Wildman–Crippen LogP) is -0.571. The van der Waals surface area contributed by atoms with E-state index in [0.717, 1.165) is 0 Å². The summed E-state index contributed by atoms with van der Waals surface area (Å²) in [6.45, 7) is 0.328. The average Bonchev–Trinajstić information content (AvgIpc) is 2.41. The van der Waals surface area contributed by atoms with Gasteiger partial charge in [0.1, 0.15) is 6.61 Å². The van der Waals surface area contributed by atoms with Crippen molar-refractivity contribution in [3.63, 3.8) is 0 Å². The number of aliphatic hydroxyl groups excluding tert-OH is 1. The third-order valence-corrected chi connectivity index (χ3v) is 2.15. The third-order valence-electron chi connectivity index (χ3n) is 2.15. The summed E-state index contributed by atoms with van der Waals surface area (Å²) in [5.74, 6) is 4.96. The number of nitrogens with one attached hydrogen (secondary N) is 2. The van der Waals surface area contributed by atoms with Crippen LogP contribution in [0.2, 0.25) is 0 Å². The van der Waals surface area contributed by atoms with Crippen LogP contribution in [-0.2, 0) is 0 Å². The zero-order valence-electron chi connectivity index (χ0n) is 10.3. The van der Waals surface area contributed by atoms with Crippen LogP contribution in [0.1, 0.15) is 15.9 Å². The van der Waals surface area contributed by atoms with Gasteiger partial charge >= 0.3 is 6.03 Å². The van der Waals surface area contributed by atoms with Crippen LogP contribution >= 0.6 is 0 Å². The van der Waals surface area contributed by atoms with E-state index in [1.165, 1.54) is 0 Å². The Morgan fingerprint density at radius 3 is 2.68 bits per heavy atom. The number of hydrogen-bond donors (Lipinski definition) is 4. The Morgan fingerprint density at radius 2 is 2.00 bits per heavy atom. The van der Waals surface area contributed by atoms with Gasteiger partial charge in [0.2, 0.25) is 0 Å². The van der Waals surface area contributed by atoms with Crippen molar-refractivity contribution in [3.05, 3.63) is 35.4 Å². The molecule has 100 valence electrons. The molecule has 0 radical (unpaired) electrons. The van der Waals surface area contributed by atoms with Gasteiger partial charge in [0, 0.05) is 24.2 Å². The highest BCUT2D eigenvalue weighted by molar-refractivity contribution is 5.94. The Morgan fingerprint density at radius 1 is 1.26 bits per heavy atom. The number of hydrogen-bond acceptors (Lipinski definition) is 3. The van der Waals surface area contributed by atoms with Crippen molar-refractivity contribution in [2.24, 2.45) is 5.73 Å². The molecule has 0 saturated carbocycles. The maximum atomic E-state index is 11.8. The maximum Gasteiger partial charge on any atom is 0.312 e. The second-order valence-electron chi connectivity index (χ2n) is 3.59. The summed E-state index contributed by atoms with van der Waals surface area (Å²) in [5, 5.41) is 13.6. The molecule has 0 bridgehead atoms. The Kier molecular flexibility index (Phi) is 5.92. The van der Waals surface area contributed by atoms with Gasteiger partial charge in [-0.25, -0.2) is 4.79 Å². The maximum absolute atomic E-state index is 11.8. The van der Waals surface area contributed by atoms with Crippen molar-refractivity contribution < 1.29 is 14.7 Å². The normalized spacial score (nSPS) is 9.11. The summed E-state index contributed by atoms with van der Waals surface area (Å²) in [5.41, 5.74) is 6.00. The van der Waals surface area contributed by atoms with Gasteiger partial charge in [-0.1, -0.05) is 17.9 Å². The molecule has 0 heterocycles. The summed E-state index contributed by atoms with van der Waals surface area (Å²) in [4.78, 5) is 22.2. The average molecular weight is 261 g/mol. The summed E-state index contributed by atoms with van der Waals surface area (Å²) in [7, 11) is 0. The number of rotatable bonds is 4. The molecule has 0 aliphatic carbocycles. The molecule has 0 saturated heterocycles. The number of urea groups is 1. The summed E-state index contributed by atoms with van der Waals surface area (Å²) < 4.78 is 0. The lowest BCUT2D eigenvalue weighted by Gasteiger charge is -2.05. The Balaban J connectivity index is 2.54. The molecule has 0 unspecified atom stereocenters. The van der Waals surface area contributed by atoms with E-state index in [1.54, 1.807) is 24.3 Å². The lowest BCUT2D eigenvalue weighted by Crippen LogP contribution is -2.37. The number of amides is 3. The standard InChI is InChI=1S/C13H15N3O3/c14-13(19)16-7-6-15-12(18)11-5-1-3-10(9-11)4-2-8-17/h1,3,5,9,17H,6-8H2,(H,15,18)(H3,14,16,19). The molecule has 6 nitrogen and oxygen atoms in total. The molecular formula is C13H15N3O3. The molecule has 0 spiro atoms. The monoisotopic (exact) mass is 261 g/mol. The van der Waals surface area contributed by atoms with Crippen LogP contribution < -0.4 is 16.4 Å². The van der Waals surface area contributed by atoms with Gasteiger partial charge < -0.3 is 21.5 Å². The van der Waals surface area contributed by atoms with E-state index >= 15 is 0 Å². The largest absolute Gasteiger partial charge is 0.384 e. The highest BCUT2D eigenvalue weighted by atomic mass is 16.2. The fourth-order valence-corrected chi connectivity index (χ4v) is 1.34. The van der Waals surface area contributed by atoms with Gasteiger partial charge in [-0.3, -0.25) is 4.79 Å². The highest BCUT2D eigenvalue weighted by Crippen LogP contribution is 2.03. The van der Waals surface area contributed by atoms with Crippen molar-refractivity contribution in [3.8, 4) is 11.8 Å². The Bertz CT molecular complexity index is 517. The molecule has 1 rings (SSSR count). The molecule has 0 aliphatic rings. The molecule has 0 aliphatic heterocycles. The van der Waals surface area contributed by atoms with E-state index in [0.29, 0.717) is 11.1 Å². The number of nitrogens with two attached hydrogens (primary N) is 1. The van der Waals surface area contributed by atoms with E-state index in [9.17, 15) is 9.59 Å². The van der Waals surface area contributed by atoms with E-state index in [2.05, 4.69) is 22.5 Å². The molecule has 6 heteroatoms. The van der Waals surface area contributed by atoms with Crippen molar-refractivity contribution in [2.75, 3.05) is 19.7 Å². The van der Waals surface area contributed by atoms with Gasteiger partial charge in [-0.2, -0.15) is 0 Å². The minimum absolute atomic E-state index is 0.227. The molecule has 0 atom stereocenters. The molecular weight excluding hydrogens is 246 g/mol. The zero-order valence-corrected chi connectivity index (χ0v) is 10.3. The van der Waals surface area contributed by atoms with Crippen molar-refractivity contribution in [2.45, 2.75) is 0 Å². The lowest BCUT2D eigenvalue weighted by molar-refractivity contribution is 0.0954. The highest BCUT2D eigenvalue weighted by Gasteiger charge is 2.04. The molecule has 3 amide bonds. The second-order valence-corrected chi connectivity index (χ2v) is 3.59. The minimum Gasteiger partial charge on any atom is -0.384 e. The van der Waals surface area contributed by atoms with Gasteiger partial charge in [-0.15, -0.1) is 0 Å². The zero-order chi connectivity index (χ0) is 14.1. The second kappa shape index (κ2) is 7.74. The topological polar surface area (TPSA) is 104 Å². The van der Waals surface area contributed by atoms with Crippen LogP contribution in [0.4, 0.5) is 4.79 Å². The fourth-order valence-electron chi connectivity index (χ4n) is 1.34. The first-order valence-corrected chi connectivity index (χ1v) is 5.65. The van der Waals surface area contributed by atoms with Crippen LogP contribution in [0.3, 0.4) is 0 Å². The van der Waals surface area contributed by atoms with Gasteiger partial charge in [0.15, 0.2) is 0 Å². The van der Waals surface area contributed by atoms with Crippen molar-refractivity contribution in [1.82, 2.24) is 10.6 Å². The van der Waals surface area contributed by atoms with Crippen molar-refractivity contribution >= 4 is 11.9 Å². The molecule has 5 N–H and O–H groups in total. The van der Waals surface area contributed by atoms with E-state index in [-0.39, 0.29) is 25.6 Å². The van der Waals surface area contributed by atoms with Crippen LogP contribution in [0.25, 0.3) is 0 Å². The van der Waals surface area contributed by atoms with E-state index in [4.69, 9.17) is 10.8 Å². The summed E-state index contributed by atoms with van der Waals surface area (Å²) in [6, 6.07) is 6.10. The molecule has 1 aromatic carbocycles. The fraction of sp³-hybridized carbons (Fsp3) is 0.231. The number of carbonyl (C=O) groups is 2. The predicted molar refractivity (Wildman–Crippen MR) is 70.3 cm³/mol. The Labute approximate surface area is 111 Å². The van der Waals surface area contributed by atoms with Crippen LogP contribution in [-0.4, -0.2) is 36.7 Å². The first-order valence-electron chi connectivity index (χ1n) is 5.65. The van der Waals surface area contributed by atoms with Crippen LogP contribution in [0.5, 0.6) is 0 Å². The third kappa shape index (κ3) is 5.57. The number of primary amides is 1. The minimum atomic E-state index is -0.629. The van der Waals surface area contributed by atoms with Gasteiger partial charge in [0.05, 0.1) is 0 Å². The first-order chi connectivity index (χ1) is 9.13. The molecule has 19 heavy (non-hydrogen) atoms.